The lowest BCUT2D eigenvalue weighted by Crippen LogP contribution is -2.70. The van der Waals surface area contributed by atoms with Gasteiger partial charge in [0.2, 0.25) is 0 Å². The van der Waals surface area contributed by atoms with Gasteiger partial charge in [0.1, 0.15) is 0 Å². The summed E-state index contributed by atoms with van der Waals surface area (Å²) in [6.07, 6.45) is 3.10. The van der Waals surface area contributed by atoms with E-state index in [0.29, 0.717) is 23.6 Å². The average Bonchev–Trinajstić information content (AvgIpc) is 2.14. The maximum Gasteiger partial charge on any atom is 0.0684 e. The maximum absolute atomic E-state index is 5.86. The zero-order valence-corrected chi connectivity index (χ0v) is 9.84. The fourth-order valence-corrected chi connectivity index (χ4v) is 3.22. The highest BCUT2D eigenvalue weighted by atomic mass is 16.5. The minimum atomic E-state index is 0.329. The lowest BCUT2D eigenvalue weighted by molar-refractivity contribution is -0.193. The zero-order chi connectivity index (χ0) is 10.3. The van der Waals surface area contributed by atoms with Crippen LogP contribution < -0.4 is 5.32 Å². The van der Waals surface area contributed by atoms with Gasteiger partial charge < -0.3 is 10.1 Å². The van der Waals surface area contributed by atoms with Crippen LogP contribution in [0.25, 0.3) is 0 Å². The van der Waals surface area contributed by atoms with E-state index in [0.717, 1.165) is 12.5 Å². The molecule has 2 rings (SSSR count). The summed E-state index contributed by atoms with van der Waals surface area (Å²) < 4.78 is 5.86. The largest absolute Gasteiger partial charge is 0.377 e. The summed E-state index contributed by atoms with van der Waals surface area (Å²) in [5.74, 6) is 0.765. The Bertz CT molecular complexity index is 212. The second-order valence-corrected chi connectivity index (χ2v) is 5.72. The Balaban J connectivity index is 2.02. The molecule has 82 valence electrons. The molecule has 1 N–H and O–H groups in total. The highest BCUT2D eigenvalue weighted by molar-refractivity contribution is 5.10. The number of nitrogens with one attached hydrogen (secondary N) is 1. The van der Waals surface area contributed by atoms with Gasteiger partial charge in [0.15, 0.2) is 0 Å². The molecule has 2 nitrogen and oxygen atoms in total. The van der Waals surface area contributed by atoms with Crippen molar-refractivity contribution in [2.75, 3.05) is 6.61 Å². The molecule has 1 aliphatic heterocycles. The molecule has 3 atom stereocenters. The minimum absolute atomic E-state index is 0.329. The Morgan fingerprint density at radius 1 is 1.36 bits per heavy atom. The second-order valence-electron chi connectivity index (χ2n) is 5.72. The molecule has 0 aromatic carbocycles. The summed E-state index contributed by atoms with van der Waals surface area (Å²) >= 11 is 0. The summed E-state index contributed by atoms with van der Waals surface area (Å²) in [7, 11) is 0. The molecule has 14 heavy (non-hydrogen) atoms. The van der Waals surface area contributed by atoms with Gasteiger partial charge in [0.05, 0.1) is 6.10 Å². The lowest BCUT2D eigenvalue weighted by atomic mass is 9.55. The Hall–Kier alpha value is -0.0800. The van der Waals surface area contributed by atoms with Crippen LogP contribution >= 0.6 is 0 Å². The van der Waals surface area contributed by atoms with Gasteiger partial charge in [-0.1, -0.05) is 27.7 Å². The van der Waals surface area contributed by atoms with Crippen molar-refractivity contribution in [2.24, 2.45) is 11.3 Å². The van der Waals surface area contributed by atoms with Crippen LogP contribution in [0.5, 0.6) is 0 Å². The van der Waals surface area contributed by atoms with Crippen molar-refractivity contribution in [3.8, 4) is 0 Å². The summed E-state index contributed by atoms with van der Waals surface area (Å²) in [6, 6.07) is 1.25. The molecule has 1 saturated heterocycles. The van der Waals surface area contributed by atoms with Crippen LogP contribution in [0.2, 0.25) is 0 Å². The van der Waals surface area contributed by atoms with Gasteiger partial charge in [-0.25, -0.2) is 0 Å². The molecular weight excluding hydrogens is 174 g/mol. The SMILES string of the molecule is CC(C)NC1C2CCCOC2C1(C)C. The zero-order valence-electron chi connectivity index (χ0n) is 9.84. The van der Waals surface area contributed by atoms with Gasteiger partial charge in [-0.05, 0) is 12.8 Å². The molecule has 0 amide bonds. The van der Waals surface area contributed by atoms with Crippen LogP contribution in [0.1, 0.15) is 40.5 Å². The Labute approximate surface area is 87.4 Å². The van der Waals surface area contributed by atoms with Crippen LogP contribution in [0.4, 0.5) is 0 Å². The van der Waals surface area contributed by atoms with Gasteiger partial charge in [-0.3, -0.25) is 0 Å². The Morgan fingerprint density at radius 3 is 2.71 bits per heavy atom. The number of hydrogen-bond donors (Lipinski definition) is 1. The fraction of sp³-hybridized carbons (Fsp3) is 1.00. The Kier molecular flexibility index (Phi) is 2.61. The van der Waals surface area contributed by atoms with Gasteiger partial charge in [-0.2, -0.15) is 0 Å². The van der Waals surface area contributed by atoms with E-state index in [1.807, 2.05) is 0 Å². The average molecular weight is 197 g/mol. The fourth-order valence-electron chi connectivity index (χ4n) is 3.22. The minimum Gasteiger partial charge on any atom is -0.377 e. The van der Waals surface area contributed by atoms with Crippen LogP contribution in [0.3, 0.4) is 0 Å². The predicted molar refractivity (Wildman–Crippen MR) is 58.3 cm³/mol. The molecular formula is C12H23NO. The highest BCUT2D eigenvalue weighted by Crippen LogP contribution is 2.51. The predicted octanol–water partition coefficient (Wildman–Crippen LogP) is 2.19. The molecule has 0 aromatic rings. The molecule has 1 saturated carbocycles. The van der Waals surface area contributed by atoms with Crippen molar-refractivity contribution >= 4 is 0 Å². The topological polar surface area (TPSA) is 21.3 Å². The first kappa shape index (κ1) is 10.4. The van der Waals surface area contributed by atoms with Crippen molar-refractivity contribution in [1.82, 2.24) is 5.32 Å². The monoisotopic (exact) mass is 197 g/mol. The van der Waals surface area contributed by atoms with Crippen LogP contribution in [-0.4, -0.2) is 24.8 Å². The van der Waals surface area contributed by atoms with Crippen LogP contribution in [0.15, 0.2) is 0 Å². The number of rotatable bonds is 2. The molecule has 1 aliphatic carbocycles. The number of hydrogen-bond acceptors (Lipinski definition) is 2. The third kappa shape index (κ3) is 1.49. The summed E-state index contributed by atoms with van der Waals surface area (Å²) in [5, 5.41) is 3.69. The van der Waals surface area contributed by atoms with Crippen molar-refractivity contribution in [1.29, 1.82) is 0 Å². The standard InChI is InChI=1S/C12H23NO/c1-8(2)13-10-9-6-5-7-14-11(9)12(10,3)4/h8-11,13H,5-7H2,1-4H3. The molecule has 1 heterocycles. The van der Waals surface area contributed by atoms with Crippen LogP contribution in [0, 0.1) is 11.3 Å². The molecule has 0 radical (unpaired) electrons. The first-order valence-corrected chi connectivity index (χ1v) is 5.91. The van der Waals surface area contributed by atoms with E-state index in [2.05, 4.69) is 33.0 Å². The molecule has 0 bridgehead atoms. The molecule has 2 fully saturated rings. The van der Waals surface area contributed by atoms with E-state index in [-0.39, 0.29) is 0 Å². The maximum atomic E-state index is 5.86. The third-order valence-corrected chi connectivity index (χ3v) is 3.84. The quantitative estimate of drug-likeness (QED) is 0.732. The summed E-state index contributed by atoms with van der Waals surface area (Å²) in [6.45, 7) is 10.1. The lowest BCUT2D eigenvalue weighted by Gasteiger charge is -2.60. The smallest absolute Gasteiger partial charge is 0.0684 e. The van der Waals surface area contributed by atoms with E-state index < -0.39 is 0 Å². The first-order valence-electron chi connectivity index (χ1n) is 5.91. The molecule has 2 heteroatoms. The summed E-state index contributed by atoms with van der Waals surface area (Å²) in [5.41, 5.74) is 0.329. The van der Waals surface area contributed by atoms with Gasteiger partial charge in [0, 0.05) is 30.0 Å². The van der Waals surface area contributed by atoms with Gasteiger partial charge in [0.25, 0.3) is 0 Å². The van der Waals surface area contributed by atoms with Gasteiger partial charge >= 0.3 is 0 Å². The van der Waals surface area contributed by atoms with Crippen LogP contribution in [-0.2, 0) is 4.74 Å². The Morgan fingerprint density at radius 2 is 2.07 bits per heavy atom. The third-order valence-electron chi connectivity index (χ3n) is 3.84. The van der Waals surface area contributed by atoms with Crippen molar-refractivity contribution in [2.45, 2.75) is 58.7 Å². The molecule has 2 aliphatic rings. The molecule has 0 spiro atoms. The first-order chi connectivity index (χ1) is 6.53. The number of fused-ring (bicyclic) bond motifs is 1. The second kappa shape index (κ2) is 3.49. The van der Waals surface area contributed by atoms with E-state index in [4.69, 9.17) is 4.74 Å². The van der Waals surface area contributed by atoms with E-state index in [9.17, 15) is 0 Å². The van der Waals surface area contributed by atoms with E-state index in [1.165, 1.54) is 12.8 Å². The van der Waals surface area contributed by atoms with Gasteiger partial charge in [-0.15, -0.1) is 0 Å². The van der Waals surface area contributed by atoms with Crippen molar-refractivity contribution < 1.29 is 4.74 Å². The summed E-state index contributed by atoms with van der Waals surface area (Å²) in [4.78, 5) is 0. The number of ether oxygens (including phenoxy) is 1. The normalized spacial score (nSPS) is 40.5. The van der Waals surface area contributed by atoms with E-state index >= 15 is 0 Å². The molecule has 0 aromatic heterocycles. The van der Waals surface area contributed by atoms with Crippen molar-refractivity contribution in [3.05, 3.63) is 0 Å². The van der Waals surface area contributed by atoms with E-state index in [1.54, 1.807) is 0 Å². The highest BCUT2D eigenvalue weighted by Gasteiger charge is 2.57. The van der Waals surface area contributed by atoms with Crippen molar-refractivity contribution in [3.63, 3.8) is 0 Å². The molecule has 3 unspecified atom stereocenters.